The van der Waals surface area contributed by atoms with Gasteiger partial charge in [-0.2, -0.15) is 9.97 Å². The monoisotopic (exact) mass is 448 g/mol. The molecule has 0 spiro atoms. The molecule has 0 saturated carbocycles. The van der Waals surface area contributed by atoms with E-state index in [0.717, 1.165) is 57.1 Å². The van der Waals surface area contributed by atoms with Crippen molar-refractivity contribution in [3.05, 3.63) is 43.2 Å². The Balaban J connectivity index is 1.41. The molecule has 0 aliphatic carbocycles. The van der Waals surface area contributed by atoms with Crippen LogP contribution in [0.3, 0.4) is 0 Å². The lowest BCUT2D eigenvalue weighted by molar-refractivity contribution is -0.127. The van der Waals surface area contributed by atoms with Gasteiger partial charge in [-0.3, -0.25) is 4.79 Å². The Hall–Kier alpha value is -3.66. The van der Waals surface area contributed by atoms with E-state index in [-0.39, 0.29) is 11.9 Å². The number of likely N-dealkylation sites (tertiary alicyclic amines) is 1. The second kappa shape index (κ2) is 9.07. The van der Waals surface area contributed by atoms with E-state index in [0.29, 0.717) is 29.5 Å². The minimum Gasteiger partial charge on any atom is -0.382 e. The molecule has 2 fully saturated rings. The predicted molar refractivity (Wildman–Crippen MR) is 128 cm³/mol. The Morgan fingerprint density at radius 3 is 2.91 bits per heavy atom. The molecule has 2 aliphatic rings. The molecule has 1 atom stereocenters. The Bertz CT molecular complexity index is 1170. The summed E-state index contributed by atoms with van der Waals surface area (Å²) < 4.78 is 7.46. The molecule has 0 radical (unpaired) electrons. The average molecular weight is 449 g/mol. The van der Waals surface area contributed by atoms with Crippen LogP contribution >= 0.6 is 0 Å². The smallest absolute Gasteiger partial charge is 0.246 e. The van der Waals surface area contributed by atoms with Gasteiger partial charge in [0.1, 0.15) is 5.52 Å². The molecule has 4 heterocycles. The van der Waals surface area contributed by atoms with Gasteiger partial charge in [0.15, 0.2) is 11.5 Å². The standard InChI is InChI=1S/C23H28N8O2/c1-2-19(32)30-8-4-7-18(14-30)31-15-25-20-21(24)27-23(28-22(20)31)26-16-5-3-6-17(13-16)29-9-11-33-12-10-29/h2-3,5-6,13,15,18H,1,4,7-12,14H2,(H3,24,26,27,28). The quantitative estimate of drug-likeness (QED) is 0.572. The molecular formula is C23H28N8O2. The molecule has 10 nitrogen and oxygen atoms in total. The van der Waals surface area contributed by atoms with Gasteiger partial charge in [-0.15, -0.1) is 0 Å². The van der Waals surface area contributed by atoms with E-state index < -0.39 is 0 Å². The number of hydrogen-bond acceptors (Lipinski definition) is 8. The molecule has 172 valence electrons. The third-order valence-corrected chi connectivity index (χ3v) is 6.20. The molecule has 33 heavy (non-hydrogen) atoms. The summed E-state index contributed by atoms with van der Waals surface area (Å²) in [6, 6.07) is 8.21. The molecule has 2 saturated heterocycles. The molecule has 2 aromatic heterocycles. The van der Waals surface area contributed by atoms with E-state index in [1.165, 1.54) is 6.08 Å². The van der Waals surface area contributed by atoms with Crippen LogP contribution in [0.1, 0.15) is 18.9 Å². The number of rotatable bonds is 5. The van der Waals surface area contributed by atoms with Gasteiger partial charge < -0.3 is 30.2 Å². The fourth-order valence-electron chi connectivity index (χ4n) is 4.50. The Morgan fingerprint density at radius 1 is 1.24 bits per heavy atom. The first-order valence-electron chi connectivity index (χ1n) is 11.2. The van der Waals surface area contributed by atoms with Crippen LogP contribution in [0, 0.1) is 0 Å². The van der Waals surface area contributed by atoms with E-state index in [9.17, 15) is 4.79 Å². The van der Waals surface area contributed by atoms with Gasteiger partial charge in [-0.05, 0) is 37.1 Å². The third-order valence-electron chi connectivity index (χ3n) is 6.20. The minimum absolute atomic E-state index is 0.0548. The number of carbonyl (C=O) groups is 1. The highest BCUT2D eigenvalue weighted by molar-refractivity contribution is 5.87. The second-order valence-corrected chi connectivity index (χ2v) is 8.32. The van der Waals surface area contributed by atoms with Crippen LogP contribution in [-0.2, 0) is 9.53 Å². The molecular weight excluding hydrogens is 420 g/mol. The van der Waals surface area contributed by atoms with Crippen LogP contribution in [0.25, 0.3) is 11.2 Å². The number of imidazole rings is 1. The first-order chi connectivity index (χ1) is 16.1. The molecule has 1 amide bonds. The zero-order valence-electron chi connectivity index (χ0n) is 18.5. The van der Waals surface area contributed by atoms with Crippen molar-refractivity contribution in [3.63, 3.8) is 0 Å². The summed E-state index contributed by atoms with van der Waals surface area (Å²) in [6.45, 7) is 8.12. The number of nitrogens with two attached hydrogens (primary N) is 1. The number of benzene rings is 1. The summed E-state index contributed by atoms with van der Waals surface area (Å²) in [4.78, 5) is 29.8. The number of nitrogen functional groups attached to an aromatic ring is 1. The Morgan fingerprint density at radius 2 is 2.09 bits per heavy atom. The van der Waals surface area contributed by atoms with Crippen molar-refractivity contribution in [3.8, 4) is 0 Å². The number of aromatic nitrogens is 4. The van der Waals surface area contributed by atoms with Gasteiger partial charge in [0.05, 0.1) is 25.6 Å². The van der Waals surface area contributed by atoms with Crippen LogP contribution in [-0.4, -0.2) is 69.7 Å². The molecule has 3 aromatic rings. The fourth-order valence-corrected chi connectivity index (χ4v) is 4.50. The fraction of sp³-hybridized carbons (Fsp3) is 0.391. The average Bonchev–Trinajstić information content (AvgIpc) is 3.29. The number of carbonyl (C=O) groups excluding carboxylic acids is 1. The van der Waals surface area contributed by atoms with E-state index in [4.69, 9.17) is 15.5 Å². The van der Waals surface area contributed by atoms with E-state index in [1.807, 2.05) is 21.6 Å². The van der Waals surface area contributed by atoms with Gasteiger partial charge >= 0.3 is 0 Å². The van der Waals surface area contributed by atoms with Crippen molar-refractivity contribution in [2.24, 2.45) is 0 Å². The van der Waals surface area contributed by atoms with Crippen molar-refractivity contribution in [1.82, 2.24) is 24.4 Å². The first-order valence-corrected chi connectivity index (χ1v) is 11.2. The highest BCUT2D eigenvalue weighted by atomic mass is 16.5. The largest absolute Gasteiger partial charge is 0.382 e. The number of nitrogens with zero attached hydrogens (tertiary/aromatic N) is 6. The summed E-state index contributed by atoms with van der Waals surface area (Å²) >= 11 is 0. The Labute approximate surface area is 192 Å². The van der Waals surface area contributed by atoms with Crippen LogP contribution in [0.15, 0.2) is 43.2 Å². The normalized spacial score (nSPS) is 19.0. The molecule has 0 bridgehead atoms. The molecule has 10 heteroatoms. The van der Waals surface area contributed by atoms with Gasteiger partial charge in [0.2, 0.25) is 11.9 Å². The second-order valence-electron chi connectivity index (χ2n) is 8.32. The SMILES string of the molecule is C=CC(=O)N1CCCC(n2cnc3c(N)nc(Nc4cccc(N5CCOCC5)c4)nc32)C1. The zero-order chi connectivity index (χ0) is 22.8. The summed E-state index contributed by atoms with van der Waals surface area (Å²) in [5.74, 6) is 0.678. The van der Waals surface area contributed by atoms with E-state index >= 15 is 0 Å². The number of anilines is 4. The number of hydrogen-bond donors (Lipinski definition) is 2. The number of ether oxygens (including phenoxy) is 1. The maximum atomic E-state index is 12.1. The lowest BCUT2D eigenvalue weighted by atomic mass is 10.1. The van der Waals surface area contributed by atoms with Crippen LogP contribution in [0.4, 0.5) is 23.1 Å². The number of nitrogens with one attached hydrogen (secondary N) is 1. The Kier molecular flexibility index (Phi) is 5.82. The maximum Gasteiger partial charge on any atom is 0.246 e. The summed E-state index contributed by atoms with van der Waals surface area (Å²) in [5, 5.41) is 3.29. The molecule has 1 aromatic carbocycles. The first kappa shape index (κ1) is 21.2. The summed E-state index contributed by atoms with van der Waals surface area (Å²) in [6.07, 6.45) is 4.94. The molecule has 2 aliphatic heterocycles. The van der Waals surface area contributed by atoms with Crippen molar-refractivity contribution in [2.75, 3.05) is 55.3 Å². The van der Waals surface area contributed by atoms with Crippen molar-refractivity contribution in [1.29, 1.82) is 0 Å². The number of fused-ring (bicyclic) bond motifs is 1. The number of piperidine rings is 1. The maximum absolute atomic E-state index is 12.1. The lowest BCUT2D eigenvalue weighted by Crippen LogP contribution is -2.39. The number of morpholine rings is 1. The minimum atomic E-state index is -0.0548. The van der Waals surface area contributed by atoms with Crippen molar-refractivity contribution < 1.29 is 9.53 Å². The highest BCUT2D eigenvalue weighted by Crippen LogP contribution is 2.28. The van der Waals surface area contributed by atoms with Crippen LogP contribution in [0.2, 0.25) is 0 Å². The van der Waals surface area contributed by atoms with Gasteiger partial charge in [-0.25, -0.2) is 4.98 Å². The van der Waals surface area contributed by atoms with Crippen molar-refractivity contribution >= 4 is 40.2 Å². The van der Waals surface area contributed by atoms with Gasteiger partial charge in [0, 0.05) is 37.6 Å². The highest BCUT2D eigenvalue weighted by Gasteiger charge is 2.26. The van der Waals surface area contributed by atoms with Crippen LogP contribution in [0.5, 0.6) is 0 Å². The van der Waals surface area contributed by atoms with E-state index in [2.05, 4.69) is 38.9 Å². The molecule has 3 N–H and O–H groups in total. The van der Waals surface area contributed by atoms with Crippen LogP contribution < -0.4 is 16.0 Å². The zero-order valence-corrected chi connectivity index (χ0v) is 18.5. The summed E-state index contributed by atoms with van der Waals surface area (Å²) in [7, 11) is 0. The lowest BCUT2D eigenvalue weighted by Gasteiger charge is -2.32. The molecule has 1 unspecified atom stereocenters. The van der Waals surface area contributed by atoms with E-state index in [1.54, 1.807) is 6.33 Å². The predicted octanol–water partition coefficient (Wildman–Crippen LogP) is 2.34. The van der Waals surface area contributed by atoms with Gasteiger partial charge in [-0.1, -0.05) is 12.6 Å². The number of amides is 1. The topological polar surface area (TPSA) is 114 Å². The van der Waals surface area contributed by atoms with Gasteiger partial charge in [0.25, 0.3) is 0 Å². The third kappa shape index (κ3) is 4.34. The molecule has 5 rings (SSSR count). The summed E-state index contributed by atoms with van der Waals surface area (Å²) in [5.41, 5.74) is 9.46. The van der Waals surface area contributed by atoms with Crippen molar-refractivity contribution in [2.45, 2.75) is 18.9 Å².